The van der Waals surface area contributed by atoms with E-state index in [4.69, 9.17) is 16.3 Å². The molecule has 0 spiro atoms. The van der Waals surface area contributed by atoms with Gasteiger partial charge in [-0.25, -0.2) is 15.8 Å². The second-order valence-corrected chi connectivity index (χ2v) is 5.44. The Hall–Kier alpha value is -2.67. The van der Waals surface area contributed by atoms with Crippen LogP contribution in [0.1, 0.15) is 47.1 Å². The van der Waals surface area contributed by atoms with Crippen molar-refractivity contribution in [3.8, 4) is 5.75 Å². The average Bonchev–Trinajstić information content (AvgIpc) is 2.51. The highest BCUT2D eigenvalue weighted by atomic mass is 16.5. The molecule has 23 heavy (non-hydrogen) atoms. The van der Waals surface area contributed by atoms with Gasteiger partial charge in [0.2, 0.25) is 5.95 Å². The number of carbonyl (C=O) groups excluding carboxylic acids is 1. The van der Waals surface area contributed by atoms with Crippen molar-refractivity contribution in [1.82, 2.24) is 15.4 Å². The molecule has 0 atom stereocenters. The predicted octanol–water partition coefficient (Wildman–Crippen LogP) is 1.67. The van der Waals surface area contributed by atoms with E-state index >= 15 is 0 Å². The summed E-state index contributed by atoms with van der Waals surface area (Å²) < 4.78 is 5.86. The molecule has 0 saturated heterocycles. The fourth-order valence-electron chi connectivity index (χ4n) is 2.36. The van der Waals surface area contributed by atoms with Crippen molar-refractivity contribution in [3.63, 3.8) is 0 Å². The van der Waals surface area contributed by atoms with Gasteiger partial charge in [0.25, 0.3) is 5.91 Å². The Morgan fingerprint density at radius 2 is 2.00 bits per heavy atom. The van der Waals surface area contributed by atoms with Crippen LogP contribution in [0.3, 0.4) is 0 Å². The lowest BCUT2D eigenvalue weighted by molar-refractivity contribution is 0.0949. The highest BCUT2D eigenvalue weighted by molar-refractivity contribution is 5.95. The molecule has 1 aromatic heterocycles. The maximum absolute atomic E-state index is 11.9. The summed E-state index contributed by atoms with van der Waals surface area (Å²) in [5, 5.41) is 0. The van der Waals surface area contributed by atoms with Gasteiger partial charge in [0.05, 0.1) is 17.0 Å². The molecule has 0 aliphatic rings. The van der Waals surface area contributed by atoms with Crippen molar-refractivity contribution < 1.29 is 9.53 Å². The molecule has 0 aliphatic heterocycles. The number of nitrogens with two attached hydrogens (primary N) is 2. The lowest BCUT2D eigenvalue weighted by Gasteiger charge is -2.15. The quantitative estimate of drug-likeness (QED) is 0.439. The molecule has 1 heterocycles. The Kier molecular flexibility index (Phi) is 5.13. The van der Waals surface area contributed by atoms with Gasteiger partial charge in [-0.15, -0.1) is 0 Å². The maximum atomic E-state index is 11.9. The van der Waals surface area contributed by atoms with Crippen molar-refractivity contribution in [2.75, 3.05) is 5.73 Å². The van der Waals surface area contributed by atoms with E-state index in [2.05, 4.69) is 29.2 Å². The number of nitrogens with zero attached hydrogens (tertiary/aromatic N) is 2. The molecule has 2 aromatic rings. The molecular formula is C16H21N5O2. The van der Waals surface area contributed by atoms with Gasteiger partial charge in [0.15, 0.2) is 0 Å². The number of amides is 1. The number of rotatable bonds is 5. The van der Waals surface area contributed by atoms with Crippen molar-refractivity contribution in [2.45, 2.75) is 33.3 Å². The van der Waals surface area contributed by atoms with Crippen LogP contribution in [0.2, 0.25) is 0 Å². The normalized spacial score (nSPS) is 10.7. The Morgan fingerprint density at radius 3 is 2.65 bits per heavy atom. The first-order valence-corrected chi connectivity index (χ1v) is 7.29. The summed E-state index contributed by atoms with van der Waals surface area (Å²) in [5.41, 5.74) is 9.99. The van der Waals surface area contributed by atoms with Crippen LogP contribution in [-0.4, -0.2) is 15.9 Å². The number of ether oxygens (including phenoxy) is 1. The summed E-state index contributed by atoms with van der Waals surface area (Å²) in [5.74, 6) is 5.90. The fraction of sp³-hybridized carbons (Fsp3) is 0.312. The van der Waals surface area contributed by atoms with E-state index in [0.717, 1.165) is 11.3 Å². The molecule has 7 heteroatoms. The summed E-state index contributed by atoms with van der Waals surface area (Å²) in [6.07, 6.45) is 0. The molecule has 1 amide bonds. The molecule has 0 radical (unpaired) electrons. The van der Waals surface area contributed by atoms with E-state index in [1.807, 2.05) is 24.3 Å². The number of carbonyl (C=O) groups is 1. The van der Waals surface area contributed by atoms with Crippen molar-refractivity contribution in [3.05, 3.63) is 46.8 Å². The van der Waals surface area contributed by atoms with Gasteiger partial charge in [0.1, 0.15) is 12.4 Å². The number of nitrogens with one attached hydrogen (secondary N) is 1. The van der Waals surface area contributed by atoms with Gasteiger partial charge >= 0.3 is 0 Å². The zero-order valence-corrected chi connectivity index (χ0v) is 13.5. The van der Waals surface area contributed by atoms with Crippen LogP contribution in [0.25, 0.3) is 0 Å². The number of para-hydroxylation sites is 1. The first-order valence-electron chi connectivity index (χ1n) is 7.29. The first-order chi connectivity index (χ1) is 10.9. The van der Waals surface area contributed by atoms with E-state index < -0.39 is 5.91 Å². The molecule has 0 saturated carbocycles. The van der Waals surface area contributed by atoms with E-state index in [1.54, 1.807) is 6.92 Å². The third-order valence-corrected chi connectivity index (χ3v) is 3.45. The van der Waals surface area contributed by atoms with E-state index in [9.17, 15) is 4.79 Å². The minimum atomic E-state index is -0.474. The number of aryl methyl sites for hydroxylation is 1. The van der Waals surface area contributed by atoms with Crippen molar-refractivity contribution >= 4 is 11.9 Å². The molecule has 0 unspecified atom stereocenters. The zero-order valence-electron chi connectivity index (χ0n) is 13.5. The number of hydrazine groups is 1. The SMILES string of the molecule is Cc1nc(N)nc(COc2ccccc2C(C)C)c1C(=O)NN. The number of hydrogen-bond donors (Lipinski definition) is 3. The van der Waals surface area contributed by atoms with Crippen LogP contribution in [0.4, 0.5) is 5.95 Å². The van der Waals surface area contributed by atoms with E-state index in [1.165, 1.54) is 0 Å². The van der Waals surface area contributed by atoms with Gasteiger partial charge in [-0.3, -0.25) is 10.2 Å². The number of aromatic nitrogens is 2. The maximum Gasteiger partial charge on any atom is 0.269 e. The second kappa shape index (κ2) is 7.06. The van der Waals surface area contributed by atoms with Gasteiger partial charge in [-0.05, 0) is 24.5 Å². The highest BCUT2D eigenvalue weighted by Gasteiger charge is 2.18. The second-order valence-electron chi connectivity index (χ2n) is 5.44. The minimum absolute atomic E-state index is 0.0896. The highest BCUT2D eigenvalue weighted by Crippen LogP contribution is 2.27. The number of benzene rings is 1. The molecular weight excluding hydrogens is 294 g/mol. The minimum Gasteiger partial charge on any atom is -0.487 e. The van der Waals surface area contributed by atoms with Crippen LogP contribution in [0.15, 0.2) is 24.3 Å². The van der Waals surface area contributed by atoms with Crippen LogP contribution in [0.5, 0.6) is 5.75 Å². The Morgan fingerprint density at radius 1 is 1.30 bits per heavy atom. The summed E-state index contributed by atoms with van der Waals surface area (Å²) in [4.78, 5) is 20.1. The zero-order chi connectivity index (χ0) is 17.0. The number of hydrogen-bond acceptors (Lipinski definition) is 6. The van der Waals surface area contributed by atoms with Gasteiger partial charge in [0, 0.05) is 0 Å². The van der Waals surface area contributed by atoms with Crippen LogP contribution in [0, 0.1) is 6.92 Å². The molecule has 122 valence electrons. The molecule has 5 N–H and O–H groups in total. The van der Waals surface area contributed by atoms with E-state index in [0.29, 0.717) is 17.3 Å². The molecule has 2 rings (SSSR count). The fourth-order valence-corrected chi connectivity index (χ4v) is 2.36. The Labute approximate surface area is 135 Å². The van der Waals surface area contributed by atoms with Crippen LogP contribution >= 0.6 is 0 Å². The lowest BCUT2D eigenvalue weighted by atomic mass is 10.0. The van der Waals surface area contributed by atoms with Gasteiger partial charge < -0.3 is 10.5 Å². The number of anilines is 1. The molecule has 7 nitrogen and oxygen atoms in total. The van der Waals surface area contributed by atoms with Crippen LogP contribution < -0.4 is 21.7 Å². The largest absolute Gasteiger partial charge is 0.487 e. The summed E-state index contributed by atoms with van der Waals surface area (Å²) in [6, 6.07) is 7.75. The van der Waals surface area contributed by atoms with Crippen LogP contribution in [-0.2, 0) is 6.61 Å². The third-order valence-electron chi connectivity index (χ3n) is 3.45. The Bertz CT molecular complexity index is 716. The Balaban J connectivity index is 2.33. The first kappa shape index (κ1) is 16.7. The third kappa shape index (κ3) is 3.75. The van der Waals surface area contributed by atoms with Crippen molar-refractivity contribution in [1.29, 1.82) is 0 Å². The monoisotopic (exact) mass is 315 g/mol. The molecule has 0 fully saturated rings. The van der Waals surface area contributed by atoms with E-state index in [-0.39, 0.29) is 18.1 Å². The summed E-state index contributed by atoms with van der Waals surface area (Å²) in [6.45, 7) is 5.94. The smallest absolute Gasteiger partial charge is 0.269 e. The predicted molar refractivity (Wildman–Crippen MR) is 87.7 cm³/mol. The lowest BCUT2D eigenvalue weighted by Crippen LogP contribution is -2.32. The molecule has 0 bridgehead atoms. The number of nitrogen functional groups attached to an aromatic ring is 2. The van der Waals surface area contributed by atoms with Crippen molar-refractivity contribution in [2.24, 2.45) is 5.84 Å². The average molecular weight is 315 g/mol. The van der Waals surface area contributed by atoms with Gasteiger partial charge in [-0.1, -0.05) is 32.0 Å². The molecule has 1 aromatic carbocycles. The topological polar surface area (TPSA) is 116 Å². The summed E-state index contributed by atoms with van der Waals surface area (Å²) in [7, 11) is 0. The summed E-state index contributed by atoms with van der Waals surface area (Å²) >= 11 is 0. The van der Waals surface area contributed by atoms with Gasteiger partial charge in [-0.2, -0.15) is 0 Å². The standard InChI is InChI=1S/C16H21N5O2/c1-9(2)11-6-4-5-7-13(11)23-8-12-14(15(22)21-18)10(3)19-16(17)20-12/h4-7,9H,8,18H2,1-3H3,(H,21,22)(H2,17,19,20). The molecule has 0 aliphatic carbocycles.